The summed E-state index contributed by atoms with van der Waals surface area (Å²) < 4.78 is 30.9. The van der Waals surface area contributed by atoms with Crippen LogP contribution in [0.2, 0.25) is 0 Å². The number of ether oxygens (including phenoxy) is 1. The first-order valence-electron chi connectivity index (χ1n) is 7.06. The Morgan fingerprint density at radius 2 is 2.05 bits per heavy atom. The van der Waals surface area contributed by atoms with Gasteiger partial charge in [-0.25, -0.2) is 13.6 Å². The molecule has 1 unspecified atom stereocenters. The molecule has 0 radical (unpaired) electrons. The van der Waals surface area contributed by atoms with E-state index < -0.39 is 36.8 Å². The number of hydrogen-bond donors (Lipinski definition) is 2. The second-order valence-electron chi connectivity index (χ2n) is 5.13. The fourth-order valence-corrected chi connectivity index (χ4v) is 2.19. The van der Waals surface area contributed by atoms with Gasteiger partial charge < -0.3 is 10.1 Å². The number of halogens is 2. The molecule has 0 aliphatic carbocycles. The average Bonchev–Trinajstić information content (AvgIpc) is 2.86. The zero-order valence-corrected chi connectivity index (χ0v) is 12.2. The maximum absolute atomic E-state index is 13.0. The largest absolute Gasteiger partial charge is 0.462 e. The molecule has 1 aliphatic heterocycles. The Labute approximate surface area is 127 Å². The maximum atomic E-state index is 13.0. The van der Waals surface area contributed by atoms with Gasteiger partial charge in [0.1, 0.15) is 0 Å². The molecule has 1 fully saturated rings. The van der Waals surface area contributed by atoms with Gasteiger partial charge in [0.05, 0.1) is 24.8 Å². The SMILES string of the molecule is CCOC(=O)c1ccc(CNC(=O)C2CC(F)(F)CN2)cc1. The first-order valence-corrected chi connectivity index (χ1v) is 7.06. The molecule has 1 saturated heterocycles. The third-order valence-corrected chi connectivity index (χ3v) is 3.36. The Hall–Kier alpha value is -2.02. The Morgan fingerprint density at radius 3 is 2.59 bits per heavy atom. The molecule has 5 nitrogen and oxygen atoms in total. The highest BCUT2D eigenvalue weighted by Crippen LogP contribution is 2.25. The van der Waals surface area contributed by atoms with Crippen molar-refractivity contribution in [2.45, 2.75) is 31.9 Å². The van der Waals surface area contributed by atoms with E-state index >= 15 is 0 Å². The van der Waals surface area contributed by atoms with E-state index in [1.54, 1.807) is 31.2 Å². The van der Waals surface area contributed by atoms with Gasteiger partial charge in [0.25, 0.3) is 5.92 Å². The topological polar surface area (TPSA) is 67.4 Å². The van der Waals surface area contributed by atoms with Gasteiger partial charge >= 0.3 is 5.97 Å². The van der Waals surface area contributed by atoms with Crippen LogP contribution in [-0.2, 0) is 16.1 Å². The van der Waals surface area contributed by atoms with E-state index in [2.05, 4.69) is 10.6 Å². The normalized spacial score (nSPS) is 19.7. The van der Waals surface area contributed by atoms with Crippen molar-refractivity contribution >= 4 is 11.9 Å². The van der Waals surface area contributed by atoms with Gasteiger partial charge in [-0.15, -0.1) is 0 Å². The lowest BCUT2D eigenvalue weighted by molar-refractivity contribution is -0.123. The summed E-state index contributed by atoms with van der Waals surface area (Å²) >= 11 is 0. The molecule has 2 rings (SSSR count). The summed E-state index contributed by atoms with van der Waals surface area (Å²) in [6.45, 7) is 1.77. The molecule has 0 aromatic heterocycles. The zero-order valence-electron chi connectivity index (χ0n) is 12.2. The van der Waals surface area contributed by atoms with Crippen LogP contribution in [0.5, 0.6) is 0 Å². The quantitative estimate of drug-likeness (QED) is 0.808. The average molecular weight is 312 g/mol. The van der Waals surface area contributed by atoms with Crippen LogP contribution in [0.3, 0.4) is 0 Å². The van der Waals surface area contributed by atoms with Crippen molar-refractivity contribution in [2.75, 3.05) is 13.2 Å². The summed E-state index contributed by atoms with van der Waals surface area (Å²) in [5.74, 6) is -3.69. The van der Waals surface area contributed by atoms with E-state index in [1.807, 2.05) is 0 Å². The Bertz CT molecular complexity index is 546. The van der Waals surface area contributed by atoms with Crippen molar-refractivity contribution in [1.29, 1.82) is 0 Å². The van der Waals surface area contributed by atoms with Crippen molar-refractivity contribution < 1.29 is 23.1 Å². The molecule has 1 amide bonds. The number of amides is 1. The summed E-state index contributed by atoms with van der Waals surface area (Å²) in [5.41, 5.74) is 1.19. The first-order chi connectivity index (χ1) is 10.4. The van der Waals surface area contributed by atoms with E-state index in [4.69, 9.17) is 4.74 Å². The van der Waals surface area contributed by atoms with Crippen LogP contribution in [-0.4, -0.2) is 37.0 Å². The number of hydrogen-bond acceptors (Lipinski definition) is 4. The number of benzene rings is 1. The predicted octanol–water partition coefficient (Wildman–Crippen LogP) is 1.48. The molecule has 1 heterocycles. The van der Waals surface area contributed by atoms with E-state index in [9.17, 15) is 18.4 Å². The molecular weight excluding hydrogens is 294 g/mol. The highest BCUT2D eigenvalue weighted by atomic mass is 19.3. The number of carbonyl (C=O) groups is 2. The number of carbonyl (C=O) groups excluding carboxylic acids is 2. The monoisotopic (exact) mass is 312 g/mol. The molecule has 0 bridgehead atoms. The molecule has 120 valence electrons. The van der Waals surface area contributed by atoms with Gasteiger partial charge in [0.15, 0.2) is 0 Å². The Morgan fingerprint density at radius 1 is 1.36 bits per heavy atom. The van der Waals surface area contributed by atoms with Crippen molar-refractivity contribution in [1.82, 2.24) is 10.6 Å². The predicted molar refractivity (Wildman–Crippen MR) is 75.6 cm³/mol. The van der Waals surface area contributed by atoms with Crippen molar-refractivity contribution in [3.05, 3.63) is 35.4 Å². The molecule has 7 heteroatoms. The second kappa shape index (κ2) is 6.83. The second-order valence-corrected chi connectivity index (χ2v) is 5.13. The molecule has 1 aromatic rings. The molecule has 2 N–H and O–H groups in total. The lowest BCUT2D eigenvalue weighted by Gasteiger charge is -2.11. The minimum Gasteiger partial charge on any atom is -0.462 e. The molecule has 0 spiro atoms. The molecular formula is C15H18F2N2O3. The smallest absolute Gasteiger partial charge is 0.338 e. The highest BCUT2D eigenvalue weighted by Gasteiger charge is 2.42. The number of alkyl halides is 2. The van der Waals surface area contributed by atoms with Crippen molar-refractivity contribution in [2.24, 2.45) is 0 Å². The molecule has 22 heavy (non-hydrogen) atoms. The highest BCUT2D eigenvalue weighted by molar-refractivity contribution is 5.89. The molecule has 1 atom stereocenters. The zero-order chi connectivity index (χ0) is 16.2. The summed E-state index contributed by atoms with van der Waals surface area (Å²) in [7, 11) is 0. The number of esters is 1. The van der Waals surface area contributed by atoms with Gasteiger partial charge in [-0.1, -0.05) is 12.1 Å². The fraction of sp³-hybridized carbons (Fsp3) is 0.467. The van der Waals surface area contributed by atoms with E-state index in [-0.39, 0.29) is 6.54 Å². The Kier molecular flexibility index (Phi) is 5.07. The van der Waals surface area contributed by atoms with Gasteiger partial charge in [0, 0.05) is 13.0 Å². The molecule has 0 saturated carbocycles. The van der Waals surface area contributed by atoms with Crippen LogP contribution in [0.1, 0.15) is 29.3 Å². The van der Waals surface area contributed by atoms with Gasteiger partial charge in [-0.2, -0.15) is 0 Å². The third-order valence-electron chi connectivity index (χ3n) is 3.36. The van der Waals surface area contributed by atoms with Crippen LogP contribution in [0, 0.1) is 0 Å². The minimum atomic E-state index is -2.83. The van der Waals surface area contributed by atoms with Gasteiger partial charge in [-0.3, -0.25) is 10.1 Å². The minimum absolute atomic E-state index is 0.214. The Balaban J connectivity index is 1.84. The number of rotatable bonds is 5. The number of nitrogens with one attached hydrogen (secondary N) is 2. The van der Waals surface area contributed by atoms with Gasteiger partial charge in [0.2, 0.25) is 5.91 Å². The molecule has 1 aliphatic rings. The van der Waals surface area contributed by atoms with E-state index in [1.165, 1.54) is 0 Å². The van der Waals surface area contributed by atoms with Crippen LogP contribution < -0.4 is 10.6 Å². The van der Waals surface area contributed by atoms with Crippen molar-refractivity contribution in [3.8, 4) is 0 Å². The van der Waals surface area contributed by atoms with Crippen LogP contribution in [0.15, 0.2) is 24.3 Å². The third kappa shape index (κ3) is 4.24. The van der Waals surface area contributed by atoms with Crippen molar-refractivity contribution in [3.63, 3.8) is 0 Å². The van der Waals surface area contributed by atoms with E-state index in [0.717, 1.165) is 5.56 Å². The van der Waals surface area contributed by atoms with Crippen LogP contribution in [0.25, 0.3) is 0 Å². The summed E-state index contributed by atoms with van der Waals surface area (Å²) in [6, 6.07) is 5.70. The maximum Gasteiger partial charge on any atom is 0.338 e. The lowest BCUT2D eigenvalue weighted by Crippen LogP contribution is -2.40. The first kappa shape index (κ1) is 16.4. The van der Waals surface area contributed by atoms with Crippen LogP contribution >= 0.6 is 0 Å². The fourth-order valence-electron chi connectivity index (χ4n) is 2.19. The molecule has 1 aromatic carbocycles. The summed E-state index contributed by atoms with van der Waals surface area (Å²) in [5, 5.41) is 5.10. The lowest BCUT2D eigenvalue weighted by atomic mass is 10.1. The summed E-state index contributed by atoms with van der Waals surface area (Å²) in [4.78, 5) is 23.3. The standard InChI is InChI=1S/C15H18F2N2O3/c1-2-22-14(21)11-5-3-10(4-6-11)8-18-13(20)12-7-15(16,17)9-19-12/h3-6,12,19H,2,7-9H2,1H3,(H,18,20). The van der Waals surface area contributed by atoms with Gasteiger partial charge in [-0.05, 0) is 24.6 Å². The summed E-state index contributed by atoms with van der Waals surface area (Å²) in [6.07, 6.45) is -0.485. The van der Waals surface area contributed by atoms with E-state index in [0.29, 0.717) is 12.2 Å². The van der Waals surface area contributed by atoms with Crippen LogP contribution in [0.4, 0.5) is 8.78 Å².